The molecule has 0 spiro atoms. The second-order valence-corrected chi connectivity index (χ2v) is 17.5. The number of rotatable bonds is 28. The molecule has 0 heterocycles. The van der Waals surface area contributed by atoms with Crippen molar-refractivity contribution in [1.29, 1.82) is 0 Å². The van der Waals surface area contributed by atoms with E-state index in [4.69, 9.17) is 18.9 Å². The Morgan fingerprint density at radius 1 is 0.338 bits per heavy atom. The fourth-order valence-corrected chi connectivity index (χ4v) is 8.84. The molecule has 0 saturated carbocycles. The molecule has 4 aromatic carbocycles. The van der Waals surface area contributed by atoms with Crippen LogP contribution in [0.15, 0.2) is 69.0 Å². The molecule has 0 aromatic heterocycles. The Kier molecular flexibility index (Phi) is 22.4. The van der Waals surface area contributed by atoms with Gasteiger partial charge in [0.25, 0.3) is 0 Å². The molecule has 4 aromatic rings. The minimum Gasteiger partial charge on any atom is -0.493 e. The van der Waals surface area contributed by atoms with E-state index in [2.05, 4.69) is 116 Å². The summed E-state index contributed by atoms with van der Waals surface area (Å²) in [5, 5.41) is 16.1. The number of benzene rings is 4. The minimum absolute atomic E-state index is 0.131. The highest BCUT2D eigenvalue weighted by Gasteiger charge is 2.25. The molecular weight excluding hydrogens is 857 g/mol. The van der Waals surface area contributed by atoms with Gasteiger partial charge in [-0.3, -0.25) is 0 Å². The van der Waals surface area contributed by atoms with Crippen LogP contribution in [0.3, 0.4) is 0 Å². The summed E-state index contributed by atoms with van der Waals surface area (Å²) in [6, 6.07) is 16.5. The molecule has 1 aliphatic rings. The lowest BCUT2D eigenvalue weighted by Gasteiger charge is -2.25. The van der Waals surface area contributed by atoms with Crippen molar-refractivity contribution in [1.82, 2.24) is 0 Å². The molecule has 360 valence electrons. The van der Waals surface area contributed by atoms with Gasteiger partial charge >= 0.3 is 0 Å². The molecule has 16 nitrogen and oxygen atoms in total. The smallest absolute Gasteiger partial charge is 0.126 e. The summed E-state index contributed by atoms with van der Waals surface area (Å²) >= 11 is 0. The highest BCUT2D eigenvalue weighted by atomic mass is 16.5. The SMILES string of the molecule is CCCCCOc1c2cc(CN=[N+]=[N-])cc1Cc1cc(CN=[N+]=[N-])cc(c1OCCCCC)Cc1cc(CN=[N+]=[N-])cc(c1OCCCCC)Cc1cc(CN=[N+]=[N-])cc(c1OCCCCC)C2. The van der Waals surface area contributed by atoms with Crippen molar-refractivity contribution in [2.45, 2.75) is 157 Å². The standard InChI is InChI=1S/C52H68N12O4/c1-5-9-13-17-65-49-41-21-37(33-57-61-53)22-42(49)30-44-24-39(35-59-63-55)26-46(51(44)67-19-15-11-7-3)32-48-28-40(36-60-64-56)27-47(52(48)68-20-16-12-8-4)31-45-25-38(34-58-62-54)23-43(29-41)50(45)66-18-14-10-6-2/h21-28H,5-20,29-36H2,1-4H3. The maximum atomic E-state index is 9.53. The summed E-state index contributed by atoms with van der Waals surface area (Å²) in [6.07, 6.45) is 13.2. The lowest BCUT2D eigenvalue weighted by atomic mass is 9.88. The van der Waals surface area contributed by atoms with Crippen LogP contribution in [0.2, 0.25) is 0 Å². The van der Waals surface area contributed by atoms with Crippen LogP contribution in [0.5, 0.6) is 23.0 Å². The van der Waals surface area contributed by atoms with Crippen molar-refractivity contribution in [3.63, 3.8) is 0 Å². The highest BCUT2D eigenvalue weighted by molar-refractivity contribution is 5.58. The zero-order chi connectivity index (χ0) is 48.4. The lowest BCUT2D eigenvalue weighted by molar-refractivity contribution is 0.294. The van der Waals surface area contributed by atoms with Crippen molar-refractivity contribution in [2.75, 3.05) is 26.4 Å². The van der Waals surface area contributed by atoms with E-state index >= 15 is 0 Å². The van der Waals surface area contributed by atoms with E-state index in [1.54, 1.807) is 0 Å². The van der Waals surface area contributed by atoms with Crippen LogP contribution in [-0.2, 0) is 51.9 Å². The summed E-state index contributed by atoms with van der Waals surface area (Å²) in [6.45, 7) is 11.2. The Morgan fingerprint density at radius 2 is 0.529 bits per heavy atom. The van der Waals surface area contributed by atoms with E-state index in [9.17, 15) is 22.1 Å². The molecule has 0 N–H and O–H groups in total. The average molecular weight is 925 g/mol. The number of ether oxygens (including phenoxy) is 4. The first-order valence-electron chi connectivity index (χ1n) is 24.5. The summed E-state index contributed by atoms with van der Waals surface area (Å²) in [7, 11) is 0. The molecule has 0 unspecified atom stereocenters. The highest BCUT2D eigenvalue weighted by Crippen LogP contribution is 2.41. The van der Waals surface area contributed by atoms with Crippen molar-refractivity contribution in [2.24, 2.45) is 20.5 Å². The summed E-state index contributed by atoms with van der Waals surface area (Å²) in [5.41, 5.74) is 48.6. The van der Waals surface area contributed by atoms with E-state index in [-0.39, 0.29) is 26.2 Å². The molecule has 0 amide bonds. The third kappa shape index (κ3) is 15.7. The summed E-state index contributed by atoms with van der Waals surface area (Å²) < 4.78 is 27.6. The fourth-order valence-electron chi connectivity index (χ4n) is 8.84. The first-order valence-corrected chi connectivity index (χ1v) is 24.5. The number of azide groups is 4. The van der Waals surface area contributed by atoms with Gasteiger partial charge < -0.3 is 18.9 Å². The van der Waals surface area contributed by atoms with Gasteiger partial charge in [-0.05, 0) is 115 Å². The molecule has 1 aliphatic carbocycles. The van der Waals surface area contributed by atoms with Gasteiger partial charge in [0.05, 0.1) is 52.6 Å². The van der Waals surface area contributed by atoms with Crippen molar-refractivity contribution < 1.29 is 18.9 Å². The van der Waals surface area contributed by atoms with Gasteiger partial charge in [-0.25, -0.2) is 0 Å². The third-order valence-corrected chi connectivity index (χ3v) is 12.0. The van der Waals surface area contributed by atoms with Gasteiger partial charge in [-0.1, -0.05) is 148 Å². The maximum absolute atomic E-state index is 9.53. The van der Waals surface area contributed by atoms with Crippen LogP contribution in [0.25, 0.3) is 41.8 Å². The first kappa shape index (κ1) is 52.3. The van der Waals surface area contributed by atoms with Crippen LogP contribution in [0.4, 0.5) is 0 Å². The van der Waals surface area contributed by atoms with E-state index in [1.807, 2.05) is 0 Å². The van der Waals surface area contributed by atoms with Crippen LogP contribution in [0, 0.1) is 0 Å². The molecule has 16 heteroatoms. The number of hydrogen-bond acceptors (Lipinski definition) is 8. The number of nitrogens with zero attached hydrogens (tertiary/aromatic N) is 12. The number of hydrogen-bond donors (Lipinski definition) is 0. The zero-order valence-electron chi connectivity index (χ0n) is 40.6. The Hall–Kier alpha value is -6.68. The maximum Gasteiger partial charge on any atom is 0.126 e. The minimum atomic E-state index is 0.131. The molecule has 0 aliphatic heterocycles. The van der Waals surface area contributed by atoms with Gasteiger partial charge in [0.15, 0.2) is 0 Å². The van der Waals surface area contributed by atoms with E-state index < -0.39 is 0 Å². The van der Waals surface area contributed by atoms with E-state index in [0.717, 1.165) is 167 Å². The Bertz CT molecular complexity index is 2050. The van der Waals surface area contributed by atoms with Gasteiger partial charge in [-0.2, -0.15) is 0 Å². The van der Waals surface area contributed by atoms with Crippen LogP contribution in [0.1, 0.15) is 172 Å². The zero-order valence-corrected chi connectivity index (χ0v) is 40.6. The second-order valence-electron chi connectivity index (χ2n) is 17.5. The number of fused-ring (bicyclic) bond motifs is 8. The third-order valence-electron chi connectivity index (χ3n) is 12.0. The fraction of sp³-hybridized carbons (Fsp3) is 0.538. The number of unbranched alkanes of at least 4 members (excludes halogenated alkanes) is 8. The van der Waals surface area contributed by atoms with Crippen molar-refractivity contribution >= 4 is 0 Å². The molecular formula is C52H68N12O4. The van der Waals surface area contributed by atoms with Gasteiger partial charge in [0.1, 0.15) is 23.0 Å². The molecule has 68 heavy (non-hydrogen) atoms. The predicted octanol–water partition coefficient (Wildman–Crippen LogP) is 15.9. The van der Waals surface area contributed by atoms with Crippen molar-refractivity contribution in [3.8, 4) is 23.0 Å². The van der Waals surface area contributed by atoms with Crippen LogP contribution in [-0.4, -0.2) is 26.4 Å². The molecule has 0 atom stereocenters. The normalized spacial score (nSPS) is 11.6. The predicted molar refractivity (Wildman–Crippen MR) is 268 cm³/mol. The Balaban J connectivity index is 1.94. The molecule has 8 bridgehead atoms. The second kappa shape index (κ2) is 29.2. The van der Waals surface area contributed by atoms with Crippen molar-refractivity contribution in [3.05, 3.63) is 157 Å². The molecule has 5 rings (SSSR count). The van der Waals surface area contributed by atoms with Crippen LogP contribution < -0.4 is 18.9 Å². The Morgan fingerprint density at radius 3 is 0.691 bits per heavy atom. The average Bonchev–Trinajstić information content (AvgIpc) is 3.33. The largest absolute Gasteiger partial charge is 0.493 e. The van der Waals surface area contributed by atoms with E-state index in [0.29, 0.717) is 52.1 Å². The first-order chi connectivity index (χ1) is 33.4. The quantitative estimate of drug-likeness (QED) is 0.0206. The summed E-state index contributed by atoms with van der Waals surface area (Å²) in [5.74, 6) is 2.97. The van der Waals surface area contributed by atoms with E-state index in [1.165, 1.54) is 0 Å². The molecule has 0 radical (unpaired) electrons. The molecule has 0 fully saturated rings. The van der Waals surface area contributed by atoms with Gasteiger partial charge in [0.2, 0.25) is 0 Å². The lowest BCUT2D eigenvalue weighted by Crippen LogP contribution is -2.12. The monoisotopic (exact) mass is 925 g/mol. The van der Waals surface area contributed by atoms with Gasteiger partial charge in [-0.15, -0.1) is 0 Å². The summed E-state index contributed by atoms with van der Waals surface area (Å²) in [4.78, 5) is 12.5. The Labute approximate surface area is 401 Å². The molecule has 0 saturated heterocycles. The van der Waals surface area contributed by atoms with Crippen LogP contribution >= 0.6 is 0 Å². The topological polar surface area (TPSA) is 232 Å². The van der Waals surface area contributed by atoms with Gasteiger partial charge in [0, 0.05) is 45.3 Å².